The molecule has 9 heteroatoms. The molecule has 0 aliphatic carbocycles. The molecule has 2 amide bonds. The van der Waals surface area contributed by atoms with Crippen LogP contribution in [0.15, 0.2) is 24.3 Å². The summed E-state index contributed by atoms with van der Waals surface area (Å²) in [5, 5.41) is 0. The zero-order chi connectivity index (χ0) is 20.7. The monoisotopic (exact) mass is 411 g/mol. The maximum Gasteiger partial charge on any atom is 0.344 e. The zero-order valence-corrected chi connectivity index (χ0v) is 16.5. The number of rotatable bonds is 10. The maximum atomic E-state index is 13.0. The summed E-state index contributed by atoms with van der Waals surface area (Å²) in [4.78, 5) is 52.5. The molecule has 0 saturated heterocycles. The summed E-state index contributed by atoms with van der Waals surface area (Å²) >= 11 is 5.58. The van der Waals surface area contributed by atoms with Crippen LogP contribution in [0.5, 0.6) is 0 Å². The Labute approximate surface area is 167 Å². The lowest BCUT2D eigenvalue weighted by Gasteiger charge is -2.35. The zero-order valence-electron chi connectivity index (χ0n) is 15.7. The van der Waals surface area contributed by atoms with Gasteiger partial charge in [-0.25, -0.2) is 14.5 Å². The molecule has 1 aliphatic rings. The third-order valence-corrected chi connectivity index (χ3v) is 4.39. The molecule has 0 bridgehead atoms. The number of hydrogen-bond donors (Lipinski definition) is 0. The fourth-order valence-corrected chi connectivity index (χ4v) is 3.10. The fraction of sp³-hybridized carbons (Fsp3) is 0.474. The molecule has 28 heavy (non-hydrogen) atoms. The minimum Gasteiger partial charge on any atom is -0.464 e. The summed E-state index contributed by atoms with van der Waals surface area (Å²) in [6.45, 7) is 3.07. The molecule has 152 valence electrons. The number of amides is 2. The lowest BCUT2D eigenvalue weighted by Crippen LogP contribution is -2.64. The van der Waals surface area contributed by atoms with Gasteiger partial charge in [0.05, 0.1) is 37.6 Å². The van der Waals surface area contributed by atoms with Crippen molar-refractivity contribution >= 4 is 35.4 Å². The SMILES string of the molecule is CCOC(=O)C(CCOCCCl)(C(=O)OCC)N1C(=O)c2ccccc2C1=O. The molecular weight excluding hydrogens is 390 g/mol. The van der Waals surface area contributed by atoms with Crippen molar-refractivity contribution in [1.29, 1.82) is 0 Å². The summed E-state index contributed by atoms with van der Waals surface area (Å²) in [7, 11) is 0. The third-order valence-electron chi connectivity index (χ3n) is 4.23. The highest BCUT2D eigenvalue weighted by molar-refractivity contribution is 6.26. The van der Waals surface area contributed by atoms with E-state index in [1.54, 1.807) is 26.0 Å². The van der Waals surface area contributed by atoms with Gasteiger partial charge in [-0.15, -0.1) is 11.6 Å². The molecular formula is C19H22ClNO7. The minimum absolute atomic E-state index is 0.0499. The van der Waals surface area contributed by atoms with E-state index < -0.39 is 29.3 Å². The summed E-state index contributed by atoms with van der Waals surface area (Å²) in [5.41, 5.74) is -2.08. The molecule has 0 spiro atoms. The topological polar surface area (TPSA) is 99.2 Å². The van der Waals surface area contributed by atoms with Crippen LogP contribution in [-0.2, 0) is 23.8 Å². The molecule has 1 heterocycles. The van der Waals surface area contributed by atoms with Crippen molar-refractivity contribution in [3.05, 3.63) is 35.4 Å². The second-order valence-corrected chi connectivity index (χ2v) is 6.22. The van der Waals surface area contributed by atoms with Crippen LogP contribution in [0.25, 0.3) is 0 Å². The van der Waals surface area contributed by atoms with Crippen LogP contribution in [0, 0.1) is 0 Å². The number of halogens is 1. The number of alkyl halides is 1. The molecule has 1 aliphatic heterocycles. The highest BCUT2D eigenvalue weighted by atomic mass is 35.5. The summed E-state index contributed by atoms with van der Waals surface area (Å²) in [6.07, 6.45) is -0.312. The number of imide groups is 1. The lowest BCUT2D eigenvalue weighted by atomic mass is 9.92. The van der Waals surface area contributed by atoms with E-state index in [9.17, 15) is 19.2 Å². The Morgan fingerprint density at radius 2 is 1.46 bits per heavy atom. The number of benzene rings is 1. The molecule has 0 fully saturated rings. The summed E-state index contributed by atoms with van der Waals surface area (Å²) in [5.74, 6) is -3.41. The molecule has 1 aromatic rings. The van der Waals surface area contributed by atoms with Crippen molar-refractivity contribution in [3.63, 3.8) is 0 Å². The van der Waals surface area contributed by atoms with E-state index in [4.69, 9.17) is 25.8 Å². The van der Waals surface area contributed by atoms with Crippen LogP contribution in [0.2, 0.25) is 0 Å². The second kappa shape index (κ2) is 9.66. The highest BCUT2D eigenvalue weighted by Gasteiger charge is 2.60. The predicted octanol–water partition coefficient (Wildman–Crippen LogP) is 1.79. The van der Waals surface area contributed by atoms with E-state index in [0.717, 1.165) is 0 Å². The van der Waals surface area contributed by atoms with Crippen molar-refractivity contribution < 1.29 is 33.4 Å². The molecule has 0 unspecified atom stereocenters. The average Bonchev–Trinajstić information content (AvgIpc) is 2.94. The number of fused-ring (bicyclic) bond motifs is 1. The van der Waals surface area contributed by atoms with Gasteiger partial charge in [0, 0.05) is 12.3 Å². The van der Waals surface area contributed by atoms with Gasteiger partial charge < -0.3 is 14.2 Å². The molecule has 0 radical (unpaired) electrons. The van der Waals surface area contributed by atoms with Gasteiger partial charge in [-0.1, -0.05) is 12.1 Å². The third kappa shape index (κ3) is 3.88. The van der Waals surface area contributed by atoms with Crippen molar-refractivity contribution in [1.82, 2.24) is 4.90 Å². The molecule has 8 nitrogen and oxygen atoms in total. The fourth-order valence-electron chi connectivity index (χ4n) is 3.00. The molecule has 0 atom stereocenters. The Morgan fingerprint density at radius 3 is 1.89 bits per heavy atom. The van der Waals surface area contributed by atoms with Crippen molar-refractivity contribution in [2.24, 2.45) is 0 Å². The Kier molecular flexibility index (Phi) is 7.53. The number of hydrogen-bond acceptors (Lipinski definition) is 7. The Bertz CT molecular complexity index is 711. The normalized spacial score (nSPS) is 13.5. The minimum atomic E-state index is -2.29. The standard InChI is InChI=1S/C19H22ClNO7/c1-3-27-17(24)19(18(25)28-4-2,9-11-26-12-10-20)21-15(22)13-7-5-6-8-14(13)16(21)23/h5-8H,3-4,9-12H2,1-2H3. The number of ether oxygens (including phenoxy) is 3. The van der Waals surface area contributed by atoms with Gasteiger partial charge in [0.1, 0.15) is 0 Å². The van der Waals surface area contributed by atoms with Gasteiger partial charge in [-0.2, -0.15) is 0 Å². The van der Waals surface area contributed by atoms with E-state index in [0.29, 0.717) is 4.90 Å². The summed E-state index contributed by atoms with van der Waals surface area (Å²) in [6, 6.07) is 6.10. The van der Waals surface area contributed by atoms with Gasteiger partial charge in [0.25, 0.3) is 11.8 Å². The van der Waals surface area contributed by atoms with Gasteiger partial charge in [0.15, 0.2) is 0 Å². The quantitative estimate of drug-likeness (QED) is 0.190. The average molecular weight is 412 g/mol. The first kappa shape index (κ1) is 21.8. The maximum absolute atomic E-state index is 13.0. The van der Waals surface area contributed by atoms with Crippen molar-refractivity contribution in [2.75, 3.05) is 32.3 Å². The smallest absolute Gasteiger partial charge is 0.344 e. The Morgan fingerprint density at radius 1 is 0.964 bits per heavy atom. The van der Waals surface area contributed by atoms with Crippen LogP contribution in [0.1, 0.15) is 41.0 Å². The van der Waals surface area contributed by atoms with Gasteiger partial charge in [-0.3, -0.25) is 9.59 Å². The number of carbonyl (C=O) groups is 4. The molecule has 0 aromatic heterocycles. The van der Waals surface area contributed by atoms with Crippen molar-refractivity contribution in [3.8, 4) is 0 Å². The van der Waals surface area contributed by atoms with E-state index >= 15 is 0 Å². The van der Waals surface area contributed by atoms with Crippen molar-refractivity contribution in [2.45, 2.75) is 25.8 Å². The molecule has 0 N–H and O–H groups in total. The number of carbonyl (C=O) groups excluding carboxylic acids is 4. The molecule has 1 aromatic carbocycles. The van der Waals surface area contributed by atoms with Gasteiger partial charge in [-0.05, 0) is 26.0 Å². The number of esters is 2. The van der Waals surface area contributed by atoms with Crippen LogP contribution in [0.3, 0.4) is 0 Å². The van der Waals surface area contributed by atoms with Crippen LogP contribution >= 0.6 is 11.6 Å². The first-order chi connectivity index (χ1) is 13.4. The lowest BCUT2D eigenvalue weighted by molar-refractivity contribution is -0.172. The molecule has 2 rings (SSSR count). The van der Waals surface area contributed by atoms with Gasteiger partial charge in [0.2, 0.25) is 5.54 Å². The number of nitrogens with zero attached hydrogens (tertiary/aromatic N) is 1. The summed E-state index contributed by atoms with van der Waals surface area (Å²) < 4.78 is 15.4. The van der Waals surface area contributed by atoms with E-state index in [2.05, 4.69) is 0 Å². The highest BCUT2D eigenvalue weighted by Crippen LogP contribution is 2.34. The Hall–Kier alpha value is -2.45. The Balaban J connectivity index is 2.55. The van der Waals surface area contributed by atoms with Crippen LogP contribution in [0.4, 0.5) is 0 Å². The largest absolute Gasteiger partial charge is 0.464 e. The van der Waals surface area contributed by atoms with Crippen LogP contribution in [-0.4, -0.2) is 66.5 Å². The predicted molar refractivity (Wildman–Crippen MR) is 99.1 cm³/mol. The van der Waals surface area contributed by atoms with E-state index in [1.807, 2.05) is 0 Å². The second-order valence-electron chi connectivity index (χ2n) is 5.84. The van der Waals surface area contributed by atoms with Crippen LogP contribution < -0.4 is 0 Å². The van der Waals surface area contributed by atoms with E-state index in [-0.39, 0.29) is 49.9 Å². The first-order valence-electron chi connectivity index (χ1n) is 8.91. The van der Waals surface area contributed by atoms with Gasteiger partial charge >= 0.3 is 11.9 Å². The molecule has 0 saturated carbocycles. The first-order valence-corrected chi connectivity index (χ1v) is 9.45. The van der Waals surface area contributed by atoms with E-state index in [1.165, 1.54) is 12.1 Å².